The smallest absolute Gasteiger partial charge is 0.171 e. The second kappa shape index (κ2) is 7.67. The third kappa shape index (κ3) is 5.12. The Labute approximate surface area is 136 Å². The molecule has 0 bridgehead atoms. The summed E-state index contributed by atoms with van der Waals surface area (Å²) < 4.78 is 39.3. The maximum atomic E-state index is 13.1. The van der Waals surface area contributed by atoms with Crippen LogP contribution in [0.3, 0.4) is 0 Å². The lowest BCUT2D eigenvalue weighted by molar-refractivity contribution is -0.130. The summed E-state index contributed by atoms with van der Waals surface area (Å²) in [5.74, 6) is 0.685. The van der Waals surface area contributed by atoms with Gasteiger partial charge < -0.3 is 0 Å². The zero-order chi connectivity index (χ0) is 16.9. The molecule has 23 heavy (non-hydrogen) atoms. The number of hydrogen-bond donors (Lipinski definition) is 0. The topological polar surface area (TPSA) is 0 Å². The average molecular weight is 319 g/mol. The molecular weight excluding hydrogens is 297 g/mol. The first-order valence-corrected chi connectivity index (χ1v) is 7.95. The molecule has 0 fully saturated rings. The summed E-state index contributed by atoms with van der Waals surface area (Å²) in [6.45, 7) is 4.12. The van der Waals surface area contributed by atoms with Crippen LogP contribution in [0.1, 0.15) is 49.3 Å². The Balaban J connectivity index is 2.37. The SMILES string of the molecule is CCC(C)c1ccccc1[C](Cc1ccccc1)CC(F)(F)F. The van der Waals surface area contributed by atoms with Crippen LogP contribution in [0.15, 0.2) is 54.6 Å². The highest BCUT2D eigenvalue weighted by Crippen LogP contribution is 2.36. The molecule has 1 radical (unpaired) electrons. The molecule has 0 spiro atoms. The van der Waals surface area contributed by atoms with Gasteiger partial charge in [-0.15, -0.1) is 0 Å². The predicted octanol–water partition coefficient (Wildman–Crippen LogP) is 6.32. The van der Waals surface area contributed by atoms with E-state index in [-0.39, 0.29) is 5.92 Å². The highest BCUT2D eigenvalue weighted by Gasteiger charge is 2.34. The normalized spacial score (nSPS) is 13.3. The van der Waals surface area contributed by atoms with E-state index in [1.165, 1.54) is 0 Å². The second-order valence-corrected chi connectivity index (χ2v) is 5.95. The third-order valence-corrected chi connectivity index (χ3v) is 4.16. The van der Waals surface area contributed by atoms with Gasteiger partial charge in [-0.2, -0.15) is 13.2 Å². The van der Waals surface area contributed by atoms with Crippen molar-refractivity contribution in [3.05, 3.63) is 77.2 Å². The maximum Gasteiger partial charge on any atom is 0.390 e. The first-order chi connectivity index (χ1) is 10.9. The summed E-state index contributed by atoms with van der Waals surface area (Å²) in [5, 5.41) is 0. The minimum atomic E-state index is -4.20. The molecule has 1 atom stereocenters. The van der Waals surface area contributed by atoms with Gasteiger partial charge in [0.05, 0.1) is 6.42 Å². The largest absolute Gasteiger partial charge is 0.390 e. The van der Waals surface area contributed by atoms with Gasteiger partial charge in [-0.25, -0.2) is 0 Å². The van der Waals surface area contributed by atoms with Gasteiger partial charge in [0.25, 0.3) is 0 Å². The molecule has 0 aromatic heterocycles. The summed E-state index contributed by atoms with van der Waals surface area (Å²) in [4.78, 5) is 0. The second-order valence-electron chi connectivity index (χ2n) is 5.95. The van der Waals surface area contributed by atoms with Crippen LogP contribution in [0.2, 0.25) is 0 Å². The van der Waals surface area contributed by atoms with Crippen LogP contribution in [0.25, 0.3) is 0 Å². The van der Waals surface area contributed by atoms with E-state index >= 15 is 0 Å². The van der Waals surface area contributed by atoms with Crippen LogP contribution in [0.4, 0.5) is 13.2 Å². The monoisotopic (exact) mass is 319 g/mol. The van der Waals surface area contributed by atoms with Crippen molar-refractivity contribution in [3.8, 4) is 0 Å². The van der Waals surface area contributed by atoms with Gasteiger partial charge in [0.2, 0.25) is 0 Å². The van der Waals surface area contributed by atoms with E-state index in [2.05, 4.69) is 13.8 Å². The minimum absolute atomic E-state index is 0.241. The summed E-state index contributed by atoms with van der Waals surface area (Å²) in [7, 11) is 0. The van der Waals surface area contributed by atoms with Crippen LogP contribution in [-0.4, -0.2) is 6.18 Å². The first kappa shape index (κ1) is 17.6. The number of alkyl halides is 3. The van der Waals surface area contributed by atoms with E-state index < -0.39 is 12.6 Å². The van der Waals surface area contributed by atoms with Crippen molar-refractivity contribution in [1.82, 2.24) is 0 Å². The first-order valence-electron chi connectivity index (χ1n) is 7.95. The van der Waals surface area contributed by atoms with Crippen molar-refractivity contribution in [2.75, 3.05) is 0 Å². The van der Waals surface area contributed by atoms with Crippen LogP contribution in [-0.2, 0) is 6.42 Å². The zero-order valence-corrected chi connectivity index (χ0v) is 13.5. The van der Waals surface area contributed by atoms with Gasteiger partial charge in [0.1, 0.15) is 0 Å². The molecule has 0 amide bonds. The molecule has 0 aliphatic carbocycles. The van der Waals surface area contributed by atoms with Crippen LogP contribution in [0.5, 0.6) is 0 Å². The van der Waals surface area contributed by atoms with Gasteiger partial charge >= 0.3 is 6.18 Å². The fourth-order valence-corrected chi connectivity index (χ4v) is 2.81. The molecule has 3 heteroatoms. The molecular formula is C20H22F3. The molecule has 0 saturated carbocycles. The van der Waals surface area contributed by atoms with Crippen molar-refractivity contribution in [2.45, 2.75) is 45.2 Å². The Morgan fingerprint density at radius 1 is 0.957 bits per heavy atom. The highest BCUT2D eigenvalue weighted by molar-refractivity contribution is 5.42. The Kier molecular flexibility index (Phi) is 5.86. The molecule has 2 aromatic carbocycles. The minimum Gasteiger partial charge on any atom is -0.171 e. The molecule has 2 rings (SSSR count). The lowest BCUT2D eigenvalue weighted by atomic mass is 9.82. The van der Waals surface area contributed by atoms with Crippen molar-refractivity contribution >= 4 is 0 Å². The van der Waals surface area contributed by atoms with Gasteiger partial charge in [0.15, 0.2) is 0 Å². The molecule has 1 unspecified atom stereocenters. The zero-order valence-electron chi connectivity index (χ0n) is 13.5. The van der Waals surface area contributed by atoms with Crippen molar-refractivity contribution < 1.29 is 13.2 Å². The predicted molar refractivity (Wildman–Crippen MR) is 88.3 cm³/mol. The summed E-state index contributed by atoms with van der Waals surface area (Å²) in [6.07, 6.45) is -3.84. The summed E-state index contributed by atoms with van der Waals surface area (Å²) in [5.41, 5.74) is 2.67. The third-order valence-electron chi connectivity index (χ3n) is 4.16. The van der Waals surface area contributed by atoms with Crippen LogP contribution >= 0.6 is 0 Å². The summed E-state index contributed by atoms with van der Waals surface area (Å²) in [6, 6.07) is 16.9. The molecule has 0 aliphatic rings. The molecule has 0 nitrogen and oxygen atoms in total. The number of hydrogen-bond acceptors (Lipinski definition) is 0. The number of benzene rings is 2. The Morgan fingerprint density at radius 3 is 2.17 bits per heavy atom. The summed E-state index contributed by atoms with van der Waals surface area (Å²) >= 11 is 0. The van der Waals surface area contributed by atoms with E-state index in [4.69, 9.17) is 0 Å². The Bertz CT molecular complexity index is 602. The fraction of sp³-hybridized carbons (Fsp3) is 0.350. The van der Waals surface area contributed by atoms with Crippen LogP contribution < -0.4 is 0 Å². The number of halogens is 3. The van der Waals surface area contributed by atoms with E-state index in [9.17, 15) is 13.2 Å². The molecule has 2 aromatic rings. The van der Waals surface area contributed by atoms with E-state index in [0.29, 0.717) is 12.3 Å². The quantitative estimate of drug-likeness (QED) is 0.584. The standard InChI is InChI=1S/C20H22F3/c1-3-15(2)18-11-7-8-12-19(18)17(14-20(21,22)23)13-16-9-5-4-6-10-16/h4-12,15H,3,13-14H2,1-2H3. The molecule has 0 heterocycles. The van der Waals surface area contributed by atoms with E-state index in [1.54, 1.807) is 0 Å². The lowest BCUT2D eigenvalue weighted by Crippen LogP contribution is -2.18. The molecule has 0 saturated heterocycles. The van der Waals surface area contributed by atoms with Gasteiger partial charge in [0, 0.05) is 5.92 Å². The lowest BCUT2D eigenvalue weighted by Gasteiger charge is -2.24. The van der Waals surface area contributed by atoms with Gasteiger partial charge in [-0.1, -0.05) is 68.4 Å². The van der Waals surface area contributed by atoms with Crippen molar-refractivity contribution in [1.29, 1.82) is 0 Å². The average Bonchev–Trinajstić information content (AvgIpc) is 2.53. The molecule has 0 aliphatic heterocycles. The Morgan fingerprint density at radius 2 is 1.57 bits per heavy atom. The Hall–Kier alpha value is -1.77. The molecule has 123 valence electrons. The fourth-order valence-electron chi connectivity index (χ4n) is 2.81. The van der Waals surface area contributed by atoms with E-state index in [1.807, 2.05) is 54.6 Å². The van der Waals surface area contributed by atoms with Gasteiger partial charge in [-0.3, -0.25) is 0 Å². The number of rotatable bonds is 6. The van der Waals surface area contributed by atoms with Crippen molar-refractivity contribution in [2.24, 2.45) is 0 Å². The van der Waals surface area contributed by atoms with Crippen molar-refractivity contribution in [3.63, 3.8) is 0 Å². The van der Waals surface area contributed by atoms with E-state index in [0.717, 1.165) is 23.1 Å². The van der Waals surface area contributed by atoms with Gasteiger partial charge in [-0.05, 0) is 35.4 Å². The molecule has 0 N–H and O–H groups in total. The maximum absolute atomic E-state index is 13.1. The highest BCUT2D eigenvalue weighted by atomic mass is 19.4. The van der Waals surface area contributed by atoms with Crippen LogP contribution in [0, 0.1) is 5.92 Å².